The molecule has 0 saturated carbocycles. The number of amides is 1. The third kappa shape index (κ3) is 5.60. The molecule has 0 spiro atoms. The van der Waals surface area contributed by atoms with Gasteiger partial charge < -0.3 is 10.0 Å². The molecule has 0 bridgehead atoms. The summed E-state index contributed by atoms with van der Waals surface area (Å²) >= 11 is 1.75. The van der Waals surface area contributed by atoms with Gasteiger partial charge >= 0.3 is 5.97 Å². The zero-order chi connectivity index (χ0) is 16.7. The molecule has 0 radical (unpaired) electrons. The molecular formula is C16H25N3O3S. The number of rotatable bonds is 8. The van der Waals surface area contributed by atoms with E-state index < -0.39 is 12.0 Å². The Bertz CT molecular complexity index is 499. The van der Waals surface area contributed by atoms with Gasteiger partial charge in [0.25, 0.3) is 0 Å². The molecule has 7 heteroatoms. The smallest absolute Gasteiger partial charge is 0.320 e. The van der Waals surface area contributed by atoms with E-state index in [0.717, 1.165) is 26.1 Å². The highest BCUT2D eigenvalue weighted by Crippen LogP contribution is 2.13. The van der Waals surface area contributed by atoms with Crippen molar-refractivity contribution in [2.75, 3.05) is 32.7 Å². The van der Waals surface area contributed by atoms with Crippen LogP contribution in [0.5, 0.6) is 0 Å². The van der Waals surface area contributed by atoms with Crippen LogP contribution in [0.1, 0.15) is 24.6 Å². The van der Waals surface area contributed by atoms with E-state index in [9.17, 15) is 9.59 Å². The van der Waals surface area contributed by atoms with Crippen molar-refractivity contribution in [2.24, 2.45) is 0 Å². The largest absolute Gasteiger partial charge is 0.480 e. The molecule has 1 fully saturated rings. The first kappa shape index (κ1) is 17.9. The molecule has 1 atom stereocenters. The lowest BCUT2D eigenvalue weighted by atomic mass is 10.1. The van der Waals surface area contributed by atoms with Crippen LogP contribution in [0.25, 0.3) is 0 Å². The Morgan fingerprint density at radius 3 is 2.65 bits per heavy atom. The molecule has 1 unspecified atom stereocenters. The monoisotopic (exact) mass is 339 g/mol. The van der Waals surface area contributed by atoms with Gasteiger partial charge in [-0.25, -0.2) is 0 Å². The highest BCUT2D eigenvalue weighted by Gasteiger charge is 2.23. The summed E-state index contributed by atoms with van der Waals surface area (Å²) in [6.07, 6.45) is 1.32. The Morgan fingerprint density at radius 2 is 2.09 bits per heavy atom. The minimum absolute atomic E-state index is 0.0110. The second-order valence-electron chi connectivity index (χ2n) is 5.80. The summed E-state index contributed by atoms with van der Waals surface area (Å²) in [6.45, 7) is 6.11. The van der Waals surface area contributed by atoms with Crippen molar-refractivity contribution in [3.8, 4) is 0 Å². The lowest BCUT2D eigenvalue weighted by Crippen LogP contribution is -2.51. The summed E-state index contributed by atoms with van der Waals surface area (Å²) < 4.78 is 0. The van der Waals surface area contributed by atoms with Gasteiger partial charge in [-0.2, -0.15) is 0 Å². The van der Waals surface area contributed by atoms with Crippen LogP contribution in [0.2, 0.25) is 0 Å². The summed E-state index contributed by atoms with van der Waals surface area (Å²) in [5, 5.41) is 14.0. The molecule has 2 rings (SSSR count). The van der Waals surface area contributed by atoms with E-state index in [1.54, 1.807) is 11.3 Å². The molecule has 1 aliphatic rings. The summed E-state index contributed by atoms with van der Waals surface area (Å²) in [7, 11) is 0. The van der Waals surface area contributed by atoms with Crippen molar-refractivity contribution in [3.05, 3.63) is 22.4 Å². The van der Waals surface area contributed by atoms with E-state index in [1.165, 1.54) is 4.88 Å². The molecule has 1 saturated heterocycles. The number of carboxylic acid groups (broad SMARTS) is 1. The zero-order valence-electron chi connectivity index (χ0n) is 13.5. The van der Waals surface area contributed by atoms with Crippen molar-refractivity contribution >= 4 is 23.2 Å². The van der Waals surface area contributed by atoms with E-state index >= 15 is 0 Å². The first-order chi connectivity index (χ1) is 11.1. The number of thiophene rings is 1. The van der Waals surface area contributed by atoms with E-state index in [-0.39, 0.29) is 12.5 Å². The van der Waals surface area contributed by atoms with Crippen molar-refractivity contribution < 1.29 is 14.7 Å². The molecule has 2 heterocycles. The molecule has 0 aromatic carbocycles. The molecule has 1 aromatic heterocycles. The molecule has 1 amide bonds. The number of carboxylic acids is 1. The van der Waals surface area contributed by atoms with E-state index in [4.69, 9.17) is 5.11 Å². The number of aliphatic carboxylic acids is 1. The molecule has 6 nitrogen and oxygen atoms in total. The maximum absolute atomic E-state index is 12.2. The molecule has 1 aliphatic heterocycles. The Labute approximate surface area is 141 Å². The second kappa shape index (κ2) is 9.00. The lowest BCUT2D eigenvalue weighted by Gasteiger charge is -2.34. The minimum Gasteiger partial charge on any atom is -0.480 e. The maximum atomic E-state index is 12.2. The SMILES string of the molecule is CCCC(NCC(=O)N1CCN(Cc2cccs2)CC1)C(=O)O. The Kier molecular flexibility index (Phi) is 7.01. The number of nitrogens with zero attached hydrogens (tertiary/aromatic N) is 2. The average molecular weight is 339 g/mol. The summed E-state index contributed by atoms with van der Waals surface area (Å²) in [6, 6.07) is 3.55. The van der Waals surface area contributed by atoms with Crippen molar-refractivity contribution in [1.29, 1.82) is 0 Å². The Balaban J connectivity index is 1.71. The zero-order valence-corrected chi connectivity index (χ0v) is 14.3. The van der Waals surface area contributed by atoms with E-state index in [0.29, 0.717) is 19.5 Å². The van der Waals surface area contributed by atoms with Crippen molar-refractivity contribution in [2.45, 2.75) is 32.4 Å². The third-order valence-corrected chi connectivity index (χ3v) is 4.92. The number of nitrogens with one attached hydrogen (secondary N) is 1. The molecular weight excluding hydrogens is 314 g/mol. The second-order valence-corrected chi connectivity index (χ2v) is 6.83. The van der Waals surface area contributed by atoms with Gasteiger partial charge in [0.15, 0.2) is 0 Å². The Hall–Kier alpha value is -1.44. The van der Waals surface area contributed by atoms with E-state index in [2.05, 4.69) is 27.7 Å². The Morgan fingerprint density at radius 1 is 1.35 bits per heavy atom. The van der Waals surface area contributed by atoms with Crippen LogP contribution in [-0.4, -0.2) is 65.5 Å². The summed E-state index contributed by atoms with van der Waals surface area (Å²) in [5.41, 5.74) is 0. The van der Waals surface area contributed by atoms with Crippen molar-refractivity contribution in [1.82, 2.24) is 15.1 Å². The first-order valence-corrected chi connectivity index (χ1v) is 8.96. The molecule has 128 valence electrons. The number of hydrogen-bond acceptors (Lipinski definition) is 5. The van der Waals surface area contributed by atoms with Crippen LogP contribution in [0, 0.1) is 0 Å². The number of carbonyl (C=O) groups excluding carboxylic acids is 1. The first-order valence-electron chi connectivity index (χ1n) is 8.09. The number of piperazine rings is 1. The predicted molar refractivity (Wildman–Crippen MR) is 90.5 cm³/mol. The van der Waals surface area contributed by atoms with Gasteiger partial charge in [0, 0.05) is 37.6 Å². The van der Waals surface area contributed by atoms with Gasteiger partial charge in [0.05, 0.1) is 6.54 Å². The summed E-state index contributed by atoms with van der Waals surface area (Å²) in [4.78, 5) is 28.8. The molecule has 2 N–H and O–H groups in total. The van der Waals surface area contributed by atoms with Gasteiger partial charge in [-0.1, -0.05) is 19.4 Å². The highest BCUT2D eigenvalue weighted by molar-refractivity contribution is 7.09. The normalized spacial score (nSPS) is 17.2. The maximum Gasteiger partial charge on any atom is 0.320 e. The third-order valence-electron chi connectivity index (χ3n) is 4.06. The van der Waals surface area contributed by atoms with Crippen LogP contribution in [-0.2, 0) is 16.1 Å². The molecule has 0 aliphatic carbocycles. The van der Waals surface area contributed by atoms with Crippen LogP contribution < -0.4 is 5.32 Å². The van der Waals surface area contributed by atoms with Gasteiger partial charge in [0.1, 0.15) is 6.04 Å². The van der Waals surface area contributed by atoms with Crippen LogP contribution >= 0.6 is 11.3 Å². The number of carbonyl (C=O) groups is 2. The van der Waals surface area contributed by atoms with Gasteiger partial charge in [-0.15, -0.1) is 11.3 Å². The highest BCUT2D eigenvalue weighted by atomic mass is 32.1. The van der Waals surface area contributed by atoms with E-state index in [1.807, 2.05) is 11.8 Å². The average Bonchev–Trinajstić information content (AvgIpc) is 3.04. The van der Waals surface area contributed by atoms with Gasteiger partial charge in [0.2, 0.25) is 5.91 Å². The fourth-order valence-electron chi connectivity index (χ4n) is 2.70. The molecule has 1 aromatic rings. The minimum atomic E-state index is -0.889. The summed E-state index contributed by atoms with van der Waals surface area (Å²) in [5.74, 6) is -0.899. The number of hydrogen-bond donors (Lipinski definition) is 2. The van der Waals surface area contributed by atoms with Crippen LogP contribution in [0.15, 0.2) is 17.5 Å². The quantitative estimate of drug-likeness (QED) is 0.745. The molecule has 23 heavy (non-hydrogen) atoms. The van der Waals surface area contributed by atoms with Crippen LogP contribution in [0.3, 0.4) is 0 Å². The standard InChI is InChI=1S/C16H25N3O3S/c1-2-4-14(16(21)22)17-11-15(20)19-8-6-18(7-9-19)12-13-5-3-10-23-13/h3,5,10,14,17H,2,4,6-9,11-12H2,1H3,(H,21,22). The fourth-order valence-corrected chi connectivity index (χ4v) is 3.45. The fraction of sp³-hybridized carbons (Fsp3) is 0.625. The van der Waals surface area contributed by atoms with Crippen LogP contribution in [0.4, 0.5) is 0 Å². The van der Waals surface area contributed by atoms with Crippen molar-refractivity contribution in [3.63, 3.8) is 0 Å². The van der Waals surface area contributed by atoms with Gasteiger partial charge in [-0.05, 0) is 17.9 Å². The van der Waals surface area contributed by atoms with Gasteiger partial charge in [-0.3, -0.25) is 19.8 Å². The lowest BCUT2D eigenvalue weighted by molar-refractivity contribution is -0.140. The predicted octanol–water partition coefficient (Wildman–Crippen LogP) is 1.24. The topological polar surface area (TPSA) is 72.9 Å².